The minimum atomic E-state index is -0.361. The fourth-order valence-corrected chi connectivity index (χ4v) is 1.73. The summed E-state index contributed by atoms with van der Waals surface area (Å²) in [6.07, 6.45) is 0.287. The van der Waals surface area contributed by atoms with Crippen LogP contribution in [0.2, 0.25) is 0 Å². The van der Waals surface area contributed by atoms with Gasteiger partial charge in [-0.1, -0.05) is 13.8 Å². The number of hydrogen-bond donors (Lipinski definition) is 2. The van der Waals surface area contributed by atoms with Gasteiger partial charge in [0.1, 0.15) is 5.82 Å². The zero-order valence-corrected chi connectivity index (χ0v) is 12.6. The Morgan fingerprint density at radius 1 is 1.30 bits per heavy atom. The van der Waals surface area contributed by atoms with E-state index in [1.54, 1.807) is 4.90 Å². The number of aromatic nitrogens is 3. The highest BCUT2D eigenvalue weighted by molar-refractivity contribution is 5.90. The lowest BCUT2D eigenvalue weighted by Crippen LogP contribution is -2.34. The van der Waals surface area contributed by atoms with Gasteiger partial charge in [-0.15, -0.1) is 5.10 Å². The first kappa shape index (κ1) is 16.1. The molecule has 7 nitrogen and oxygen atoms in total. The van der Waals surface area contributed by atoms with E-state index < -0.39 is 0 Å². The second kappa shape index (κ2) is 7.62. The third-order valence-electron chi connectivity index (χ3n) is 2.99. The quantitative estimate of drug-likeness (QED) is 0.777. The molecule has 0 aromatic carbocycles. The number of amides is 2. The zero-order chi connectivity index (χ0) is 15.1. The van der Waals surface area contributed by atoms with E-state index >= 15 is 0 Å². The monoisotopic (exact) mass is 281 g/mol. The molecular weight excluding hydrogens is 258 g/mol. The van der Waals surface area contributed by atoms with E-state index in [0.29, 0.717) is 25.5 Å². The molecule has 1 heterocycles. The van der Waals surface area contributed by atoms with Gasteiger partial charge in [-0.25, -0.2) is 4.98 Å². The van der Waals surface area contributed by atoms with E-state index in [1.807, 2.05) is 27.7 Å². The molecule has 2 N–H and O–H groups in total. The number of nitrogens with one attached hydrogen (secondary N) is 2. The highest BCUT2D eigenvalue weighted by Crippen LogP contribution is 2.07. The molecule has 0 saturated heterocycles. The summed E-state index contributed by atoms with van der Waals surface area (Å²) < 4.78 is 0. The number of nitrogens with zero attached hydrogens (tertiary/aromatic N) is 3. The Bertz CT molecular complexity index is 451. The summed E-state index contributed by atoms with van der Waals surface area (Å²) in [5, 5.41) is 9.24. The van der Waals surface area contributed by atoms with Gasteiger partial charge in [-0.2, -0.15) is 0 Å². The summed E-state index contributed by atoms with van der Waals surface area (Å²) in [4.78, 5) is 29.4. The first-order valence-electron chi connectivity index (χ1n) is 6.97. The fourth-order valence-electron chi connectivity index (χ4n) is 1.73. The first-order valence-corrected chi connectivity index (χ1v) is 6.97. The Morgan fingerprint density at radius 2 is 1.95 bits per heavy atom. The predicted octanol–water partition coefficient (Wildman–Crippen LogP) is 0.916. The molecule has 0 unspecified atom stereocenters. The zero-order valence-electron chi connectivity index (χ0n) is 12.6. The Balaban J connectivity index is 2.41. The van der Waals surface area contributed by atoms with Gasteiger partial charge in [0.2, 0.25) is 11.7 Å². The average Bonchev–Trinajstić information content (AvgIpc) is 2.89. The first-order chi connectivity index (χ1) is 9.49. The van der Waals surface area contributed by atoms with Crippen LogP contribution < -0.4 is 5.32 Å². The lowest BCUT2D eigenvalue weighted by atomic mass is 10.2. The van der Waals surface area contributed by atoms with Gasteiger partial charge in [0.05, 0.1) is 0 Å². The number of rotatable bonds is 7. The Morgan fingerprint density at radius 3 is 2.45 bits per heavy atom. The van der Waals surface area contributed by atoms with Crippen LogP contribution in [0.3, 0.4) is 0 Å². The predicted molar refractivity (Wildman–Crippen MR) is 75.3 cm³/mol. The largest absolute Gasteiger partial charge is 0.349 e. The second-order valence-corrected chi connectivity index (χ2v) is 4.77. The molecular formula is C13H23N5O2. The topological polar surface area (TPSA) is 91.0 Å². The summed E-state index contributed by atoms with van der Waals surface area (Å²) in [6.45, 7) is 9.45. The van der Waals surface area contributed by atoms with Crippen LogP contribution in [-0.2, 0) is 4.79 Å². The number of carbonyl (C=O) groups is 2. The molecule has 7 heteroatoms. The smallest absolute Gasteiger partial charge is 0.290 e. The fraction of sp³-hybridized carbons (Fsp3) is 0.692. The van der Waals surface area contributed by atoms with Crippen molar-refractivity contribution < 1.29 is 9.59 Å². The maximum absolute atomic E-state index is 11.8. The third kappa shape index (κ3) is 4.32. The molecule has 0 aliphatic heterocycles. The van der Waals surface area contributed by atoms with E-state index in [9.17, 15) is 9.59 Å². The van der Waals surface area contributed by atoms with Crippen LogP contribution in [-0.4, -0.2) is 51.5 Å². The van der Waals surface area contributed by atoms with Crippen LogP contribution in [0.4, 0.5) is 0 Å². The minimum absolute atomic E-state index is 0.0353. The standard InChI is InChI=1S/C13H23N5O2/c1-5-18(6-2)10(19)7-8-14-13(20)12-15-11(9(3)4)16-17-12/h9H,5-8H2,1-4H3,(H,14,20)(H,15,16,17). The molecule has 0 saturated carbocycles. The van der Waals surface area contributed by atoms with E-state index in [-0.39, 0.29) is 30.0 Å². The maximum Gasteiger partial charge on any atom is 0.290 e. The third-order valence-corrected chi connectivity index (χ3v) is 2.99. The molecule has 0 spiro atoms. The van der Waals surface area contributed by atoms with Gasteiger partial charge in [-0.3, -0.25) is 14.7 Å². The Labute approximate surface area is 119 Å². The van der Waals surface area contributed by atoms with E-state index in [1.165, 1.54) is 0 Å². The van der Waals surface area contributed by atoms with Crippen molar-refractivity contribution in [2.75, 3.05) is 19.6 Å². The molecule has 0 aliphatic rings. The summed E-state index contributed by atoms with van der Waals surface area (Å²) in [5.74, 6) is 0.653. The molecule has 0 radical (unpaired) electrons. The Kier molecular flexibility index (Phi) is 6.14. The van der Waals surface area contributed by atoms with Gasteiger partial charge in [0, 0.05) is 32.0 Å². The van der Waals surface area contributed by atoms with Crippen LogP contribution in [0, 0.1) is 0 Å². The molecule has 1 rings (SSSR count). The van der Waals surface area contributed by atoms with E-state index in [0.717, 1.165) is 0 Å². The van der Waals surface area contributed by atoms with Crippen molar-refractivity contribution in [1.82, 2.24) is 25.4 Å². The average molecular weight is 281 g/mol. The van der Waals surface area contributed by atoms with Gasteiger partial charge in [0.25, 0.3) is 5.91 Å². The van der Waals surface area contributed by atoms with Crippen molar-refractivity contribution in [3.8, 4) is 0 Å². The highest BCUT2D eigenvalue weighted by Gasteiger charge is 2.15. The van der Waals surface area contributed by atoms with Crippen LogP contribution in [0.25, 0.3) is 0 Å². The van der Waals surface area contributed by atoms with Crippen molar-refractivity contribution in [3.63, 3.8) is 0 Å². The molecule has 20 heavy (non-hydrogen) atoms. The lowest BCUT2D eigenvalue weighted by Gasteiger charge is -2.18. The van der Waals surface area contributed by atoms with Crippen LogP contribution in [0.5, 0.6) is 0 Å². The van der Waals surface area contributed by atoms with Gasteiger partial charge >= 0.3 is 0 Å². The van der Waals surface area contributed by atoms with E-state index in [2.05, 4.69) is 20.5 Å². The summed E-state index contributed by atoms with van der Waals surface area (Å²) in [7, 11) is 0. The number of aromatic amines is 1. The molecule has 0 bridgehead atoms. The summed E-state index contributed by atoms with van der Waals surface area (Å²) in [5.41, 5.74) is 0. The number of carbonyl (C=O) groups excluding carboxylic acids is 2. The molecule has 1 aromatic rings. The van der Waals surface area contributed by atoms with Crippen molar-refractivity contribution >= 4 is 11.8 Å². The lowest BCUT2D eigenvalue weighted by molar-refractivity contribution is -0.130. The van der Waals surface area contributed by atoms with Crippen LogP contribution in [0.1, 0.15) is 56.5 Å². The van der Waals surface area contributed by atoms with Gasteiger partial charge < -0.3 is 10.2 Å². The maximum atomic E-state index is 11.8. The molecule has 112 valence electrons. The molecule has 1 aromatic heterocycles. The van der Waals surface area contributed by atoms with Crippen LogP contribution in [0.15, 0.2) is 0 Å². The number of H-pyrrole nitrogens is 1. The van der Waals surface area contributed by atoms with E-state index in [4.69, 9.17) is 0 Å². The molecule has 0 atom stereocenters. The SMILES string of the molecule is CCN(CC)C(=O)CCNC(=O)c1n[nH]c(C(C)C)n1. The molecule has 0 aliphatic carbocycles. The van der Waals surface area contributed by atoms with Crippen molar-refractivity contribution in [2.45, 2.75) is 40.0 Å². The minimum Gasteiger partial charge on any atom is -0.349 e. The molecule has 0 fully saturated rings. The van der Waals surface area contributed by atoms with Gasteiger partial charge in [-0.05, 0) is 13.8 Å². The molecule has 2 amide bonds. The normalized spacial score (nSPS) is 10.7. The van der Waals surface area contributed by atoms with Crippen LogP contribution >= 0.6 is 0 Å². The summed E-state index contributed by atoms with van der Waals surface area (Å²) >= 11 is 0. The van der Waals surface area contributed by atoms with Crippen molar-refractivity contribution in [2.24, 2.45) is 0 Å². The van der Waals surface area contributed by atoms with Crippen molar-refractivity contribution in [1.29, 1.82) is 0 Å². The second-order valence-electron chi connectivity index (χ2n) is 4.77. The highest BCUT2D eigenvalue weighted by atomic mass is 16.2. The summed E-state index contributed by atoms with van der Waals surface area (Å²) in [6, 6.07) is 0. The van der Waals surface area contributed by atoms with Crippen molar-refractivity contribution in [3.05, 3.63) is 11.6 Å². The van der Waals surface area contributed by atoms with Gasteiger partial charge in [0.15, 0.2) is 0 Å². The number of hydrogen-bond acceptors (Lipinski definition) is 4. The Hall–Kier alpha value is -1.92.